The topological polar surface area (TPSA) is 95.7 Å². The Kier molecular flexibility index (Phi) is 3.91. The lowest BCUT2D eigenvalue weighted by molar-refractivity contribution is 0.600. The molecule has 0 aliphatic rings. The van der Waals surface area contributed by atoms with Crippen LogP contribution in [0.2, 0.25) is 0 Å². The fourth-order valence-electron chi connectivity index (χ4n) is 1.91. The van der Waals surface area contributed by atoms with E-state index < -0.39 is 10.0 Å². The standard InChI is InChI=1S/C14H14N4O2S/c1-9-4-5-12(8-15)7-13(9)21(19,20)18-14-16-10(2)6-11(3)17-14/h4-7H,1-3H3,(H,16,17,18). The van der Waals surface area contributed by atoms with Crippen molar-refractivity contribution in [3.05, 3.63) is 46.8 Å². The minimum absolute atomic E-state index is 0.0225. The largest absolute Gasteiger partial charge is 0.264 e. The van der Waals surface area contributed by atoms with Crippen LogP contribution in [0.1, 0.15) is 22.5 Å². The molecule has 0 unspecified atom stereocenters. The lowest BCUT2D eigenvalue weighted by Gasteiger charge is -2.10. The highest BCUT2D eigenvalue weighted by Crippen LogP contribution is 2.19. The molecule has 6 nitrogen and oxygen atoms in total. The Morgan fingerprint density at radius 3 is 2.29 bits per heavy atom. The summed E-state index contributed by atoms with van der Waals surface area (Å²) in [5.74, 6) is 0.0225. The zero-order valence-electron chi connectivity index (χ0n) is 11.9. The molecule has 7 heteroatoms. The molecular weight excluding hydrogens is 288 g/mol. The molecule has 0 aliphatic heterocycles. The lowest BCUT2D eigenvalue weighted by Crippen LogP contribution is -2.17. The summed E-state index contributed by atoms with van der Waals surface area (Å²) < 4.78 is 27.2. The molecule has 21 heavy (non-hydrogen) atoms. The number of nitrogens with one attached hydrogen (secondary N) is 1. The Morgan fingerprint density at radius 2 is 1.71 bits per heavy atom. The van der Waals surface area contributed by atoms with Gasteiger partial charge < -0.3 is 0 Å². The molecule has 0 aliphatic carbocycles. The third-order valence-corrected chi connectivity index (χ3v) is 4.28. The van der Waals surface area contributed by atoms with Gasteiger partial charge in [0.25, 0.3) is 10.0 Å². The van der Waals surface area contributed by atoms with Crippen molar-refractivity contribution in [1.29, 1.82) is 5.26 Å². The molecule has 1 aromatic carbocycles. The zero-order valence-corrected chi connectivity index (χ0v) is 12.7. The van der Waals surface area contributed by atoms with Gasteiger partial charge in [-0.25, -0.2) is 23.1 Å². The van der Waals surface area contributed by atoms with E-state index in [1.165, 1.54) is 6.07 Å². The summed E-state index contributed by atoms with van der Waals surface area (Å²) in [6, 6.07) is 8.17. The Bertz CT molecular complexity index is 818. The quantitative estimate of drug-likeness (QED) is 0.936. The van der Waals surface area contributed by atoms with Crippen LogP contribution in [0.25, 0.3) is 0 Å². The SMILES string of the molecule is Cc1cc(C)nc(NS(=O)(=O)c2cc(C#N)ccc2C)n1. The van der Waals surface area contributed by atoms with E-state index in [4.69, 9.17) is 5.26 Å². The van der Waals surface area contributed by atoms with Crippen molar-refractivity contribution in [3.63, 3.8) is 0 Å². The first-order valence-electron chi connectivity index (χ1n) is 6.17. The van der Waals surface area contributed by atoms with E-state index in [-0.39, 0.29) is 16.4 Å². The number of benzene rings is 1. The minimum Gasteiger partial charge on any atom is -0.247 e. The molecule has 0 radical (unpaired) electrons. The van der Waals surface area contributed by atoms with Crippen LogP contribution in [0.3, 0.4) is 0 Å². The van der Waals surface area contributed by atoms with Crippen LogP contribution in [0.15, 0.2) is 29.2 Å². The maximum atomic E-state index is 12.4. The summed E-state index contributed by atoms with van der Waals surface area (Å²) >= 11 is 0. The van der Waals surface area contributed by atoms with Crippen molar-refractivity contribution in [2.45, 2.75) is 25.7 Å². The fraction of sp³-hybridized carbons (Fsp3) is 0.214. The first-order chi connectivity index (χ1) is 9.81. The van der Waals surface area contributed by atoms with Gasteiger partial charge in [0.15, 0.2) is 0 Å². The van der Waals surface area contributed by atoms with Crippen LogP contribution in [-0.4, -0.2) is 18.4 Å². The van der Waals surface area contributed by atoms with Crippen LogP contribution in [-0.2, 0) is 10.0 Å². The van der Waals surface area contributed by atoms with Crippen molar-refractivity contribution >= 4 is 16.0 Å². The first kappa shape index (κ1) is 14.9. The number of nitriles is 1. The molecule has 108 valence electrons. The number of nitrogens with zero attached hydrogens (tertiary/aromatic N) is 3. The highest BCUT2D eigenvalue weighted by molar-refractivity contribution is 7.92. The van der Waals surface area contributed by atoms with Gasteiger partial charge in [-0.1, -0.05) is 6.07 Å². The van der Waals surface area contributed by atoms with E-state index in [2.05, 4.69) is 14.7 Å². The lowest BCUT2D eigenvalue weighted by atomic mass is 10.2. The Morgan fingerprint density at radius 1 is 1.10 bits per heavy atom. The number of rotatable bonds is 3. The van der Waals surface area contributed by atoms with Crippen LogP contribution in [0, 0.1) is 32.1 Å². The van der Waals surface area contributed by atoms with Gasteiger partial charge in [0.05, 0.1) is 16.5 Å². The number of aromatic nitrogens is 2. The smallest absolute Gasteiger partial charge is 0.247 e. The molecule has 0 bridgehead atoms. The van der Waals surface area contributed by atoms with E-state index in [0.29, 0.717) is 17.0 Å². The summed E-state index contributed by atoms with van der Waals surface area (Å²) in [5, 5.41) is 8.89. The zero-order chi connectivity index (χ0) is 15.6. The van der Waals surface area contributed by atoms with Gasteiger partial charge in [-0.3, -0.25) is 0 Å². The van der Waals surface area contributed by atoms with E-state index in [1.807, 2.05) is 6.07 Å². The van der Waals surface area contributed by atoms with Crippen LogP contribution < -0.4 is 4.72 Å². The van der Waals surface area contributed by atoms with E-state index >= 15 is 0 Å². The molecule has 0 fully saturated rings. The first-order valence-corrected chi connectivity index (χ1v) is 7.66. The third kappa shape index (κ3) is 3.35. The second kappa shape index (κ2) is 5.50. The van der Waals surface area contributed by atoms with Gasteiger partial charge in [0, 0.05) is 11.4 Å². The molecule has 1 aromatic heterocycles. The minimum atomic E-state index is -3.84. The Balaban J connectivity index is 2.45. The maximum Gasteiger partial charge on any atom is 0.264 e. The van der Waals surface area contributed by atoms with Gasteiger partial charge in [-0.2, -0.15) is 5.26 Å². The van der Waals surface area contributed by atoms with E-state index in [0.717, 1.165) is 0 Å². The number of anilines is 1. The molecule has 0 amide bonds. The summed E-state index contributed by atoms with van der Waals surface area (Å²) in [5.41, 5.74) is 2.17. The average molecular weight is 302 g/mol. The van der Waals surface area contributed by atoms with Crippen LogP contribution in [0.5, 0.6) is 0 Å². The number of aryl methyl sites for hydroxylation is 3. The summed E-state index contributed by atoms with van der Waals surface area (Å²) in [6.07, 6.45) is 0. The van der Waals surface area contributed by atoms with Gasteiger partial charge in [0.2, 0.25) is 5.95 Å². The molecular formula is C14H14N4O2S. The van der Waals surface area contributed by atoms with Crippen molar-refractivity contribution in [1.82, 2.24) is 9.97 Å². The van der Waals surface area contributed by atoms with Crippen LogP contribution >= 0.6 is 0 Å². The van der Waals surface area contributed by atoms with Gasteiger partial charge in [-0.15, -0.1) is 0 Å². The molecule has 2 rings (SSSR count). The normalized spacial score (nSPS) is 11.0. The van der Waals surface area contributed by atoms with Gasteiger partial charge in [-0.05, 0) is 44.5 Å². The second-order valence-electron chi connectivity index (χ2n) is 4.67. The Labute approximate surface area is 123 Å². The molecule has 0 saturated carbocycles. The van der Waals surface area contributed by atoms with Crippen LogP contribution in [0.4, 0.5) is 5.95 Å². The van der Waals surface area contributed by atoms with Crippen molar-refractivity contribution in [2.24, 2.45) is 0 Å². The monoisotopic (exact) mass is 302 g/mol. The van der Waals surface area contributed by atoms with Gasteiger partial charge >= 0.3 is 0 Å². The molecule has 0 atom stereocenters. The van der Waals surface area contributed by atoms with E-state index in [9.17, 15) is 8.42 Å². The molecule has 2 aromatic rings. The predicted molar refractivity (Wildman–Crippen MR) is 78.2 cm³/mol. The highest BCUT2D eigenvalue weighted by atomic mass is 32.2. The van der Waals surface area contributed by atoms with Crippen molar-refractivity contribution in [3.8, 4) is 6.07 Å². The molecule has 0 saturated heterocycles. The summed E-state index contributed by atoms with van der Waals surface area (Å²) in [4.78, 5) is 8.15. The van der Waals surface area contributed by atoms with Gasteiger partial charge in [0.1, 0.15) is 0 Å². The second-order valence-corrected chi connectivity index (χ2v) is 6.32. The van der Waals surface area contributed by atoms with E-state index in [1.54, 1.807) is 39.0 Å². The average Bonchev–Trinajstić information content (AvgIpc) is 2.37. The summed E-state index contributed by atoms with van der Waals surface area (Å²) in [6.45, 7) is 5.18. The maximum absolute atomic E-state index is 12.4. The van der Waals surface area contributed by atoms with Crippen molar-refractivity contribution in [2.75, 3.05) is 4.72 Å². The highest BCUT2D eigenvalue weighted by Gasteiger charge is 2.19. The summed E-state index contributed by atoms with van der Waals surface area (Å²) in [7, 11) is -3.84. The fourth-order valence-corrected chi connectivity index (χ4v) is 3.12. The third-order valence-electron chi connectivity index (χ3n) is 2.81. The number of hydrogen-bond acceptors (Lipinski definition) is 5. The van der Waals surface area contributed by atoms with Crippen molar-refractivity contribution < 1.29 is 8.42 Å². The number of hydrogen-bond donors (Lipinski definition) is 1. The molecule has 1 heterocycles. The molecule has 1 N–H and O–H groups in total. The number of sulfonamides is 1. The predicted octanol–water partition coefficient (Wildman–Crippen LogP) is 2.07. The Hall–Kier alpha value is -2.46. The molecule has 0 spiro atoms.